The highest BCUT2D eigenvalue weighted by Gasteiger charge is 2.05. The zero-order valence-corrected chi connectivity index (χ0v) is 8.80. The van der Waals surface area contributed by atoms with Gasteiger partial charge in [-0.05, 0) is 31.2 Å². The van der Waals surface area contributed by atoms with Crippen molar-refractivity contribution in [3.05, 3.63) is 41.8 Å². The van der Waals surface area contributed by atoms with E-state index in [9.17, 15) is 0 Å². The van der Waals surface area contributed by atoms with Crippen LogP contribution < -0.4 is 4.74 Å². The Balaban J connectivity index is 2.42. The van der Waals surface area contributed by atoms with Gasteiger partial charge in [0.05, 0.1) is 6.61 Å². The van der Waals surface area contributed by atoms with Crippen LogP contribution in [0.4, 0.5) is 0 Å². The van der Waals surface area contributed by atoms with E-state index in [1.165, 1.54) is 4.88 Å². The van der Waals surface area contributed by atoms with Crippen LogP contribution >= 0.6 is 11.3 Å². The van der Waals surface area contributed by atoms with Crippen molar-refractivity contribution in [3.63, 3.8) is 0 Å². The summed E-state index contributed by atoms with van der Waals surface area (Å²) in [6.07, 6.45) is 0. The lowest BCUT2D eigenvalue weighted by Gasteiger charge is -2.07. The molecule has 2 heteroatoms. The van der Waals surface area contributed by atoms with Crippen LogP contribution in [0, 0.1) is 5.38 Å². The predicted octanol–water partition coefficient (Wildman–Crippen LogP) is 3.61. The first-order valence-electron chi connectivity index (χ1n) is 4.60. The van der Waals surface area contributed by atoms with Crippen LogP contribution in [0.25, 0.3) is 10.4 Å². The summed E-state index contributed by atoms with van der Waals surface area (Å²) >= 11 is 1.61. The average Bonchev–Trinajstić information content (AvgIpc) is 2.72. The van der Waals surface area contributed by atoms with Crippen molar-refractivity contribution >= 4 is 11.3 Å². The first-order valence-corrected chi connectivity index (χ1v) is 5.41. The molecular formula is C12H11OS. The summed E-state index contributed by atoms with van der Waals surface area (Å²) < 4.78 is 5.55. The summed E-state index contributed by atoms with van der Waals surface area (Å²) in [7, 11) is 0. The monoisotopic (exact) mass is 203 g/mol. The number of hydrogen-bond acceptors (Lipinski definition) is 2. The van der Waals surface area contributed by atoms with Crippen molar-refractivity contribution in [3.8, 4) is 16.2 Å². The summed E-state index contributed by atoms with van der Waals surface area (Å²) in [4.78, 5) is 1.20. The van der Waals surface area contributed by atoms with Gasteiger partial charge in [0, 0.05) is 15.8 Å². The third kappa shape index (κ3) is 1.80. The summed E-state index contributed by atoms with van der Waals surface area (Å²) in [5, 5.41) is 3.08. The third-order valence-corrected chi connectivity index (χ3v) is 2.75. The Hall–Kier alpha value is -1.28. The van der Waals surface area contributed by atoms with Crippen LogP contribution in [0.3, 0.4) is 0 Å². The third-order valence-electron chi connectivity index (χ3n) is 1.92. The maximum absolute atomic E-state index is 5.55. The minimum atomic E-state index is 0.700. The minimum absolute atomic E-state index is 0.700. The molecule has 0 aliphatic rings. The van der Waals surface area contributed by atoms with Crippen molar-refractivity contribution in [2.24, 2.45) is 0 Å². The highest BCUT2D eigenvalue weighted by molar-refractivity contribution is 7.13. The second-order valence-corrected chi connectivity index (χ2v) is 3.73. The summed E-state index contributed by atoms with van der Waals surface area (Å²) in [5.41, 5.74) is 1.15. The van der Waals surface area contributed by atoms with Gasteiger partial charge in [-0.1, -0.05) is 12.1 Å². The van der Waals surface area contributed by atoms with Gasteiger partial charge in [-0.2, -0.15) is 0 Å². The number of para-hydroxylation sites is 1. The van der Waals surface area contributed by atoms with E-state index >= 15 is 0 Å². The molecule has 1 aromatic carbocycles. The molecule has 2 rings (SSSR count). The average molecular weight is 203 g/mol. The van der Waals surface area contributed by atoms with E-state index < -0.39 is 0 Å². The van der Waals surface area contributed by atoms with E-state index in [1.54, 1.807) is 11.3 Å². The van der Waals surface area contributed by atoms with Gasteiger partial charge in [-0.3, -0.25) is 0 Å². The van der Waals surface area contributed by atoms with Crippen molar-refractivity contribution in [2.45, 2.75) is 6.92 Å². The first kappa shape index (κ1) is 9.28. The zero-order valence-electron chi connectivity index (χ0n) is 7.99. The molecule has 0 saturated carbocycles. The lowest BCUT2D eigenvalue weighted by molar-refractivity contribution is 0.341. The number of benzene rings is 1. The fraction of sp³-hybridized carbons (Fsp3) is 0.167. The highest BCUT2D eigenvalue weighted by Crippen LogP contribution is 2.32. The van der Waals surface area contributed by atoms with Gasteiger partial charge < -0.3 is 4.74 Å². The van der Waals surface area contributed by atoms with Gasteiger partial charge in [-0.25, -0.2) is 0 Å². The molecule has 1 heterocycles. The predicted molar refractivity (Wildman–Crippen MR) is 59.8 cm³/mol. The van der Waals surface area contributed by atoms with E-state index in [2.05, 4.69) is 17.5 Å². The molecule has 1 radical (unpaired) electrons. The Kier molecular flexibility index (Phi) is 2.84. The molecule has 71 valence electrons. The van der Waals surface area contributed by atoms with Gasteiger partial charge >= 0.3 is 0 Å². The summed E-state index contributed by atoms with van der Waals surface area (Å²) in [5.74, 6) is 0.950. The first-order chi connectivity index (χ1) is 6.92. The van der Waals surface area contributed by atoms with Gasteiger partial charge in [0.1, 0.15) is 5.75 Å². The summed E-state index contributed by atoms with van der Waals surface area (Å²) in [6.45, 7) is 2.70. The molecule has 1 nitrogen and oxygen atoms in total. The maximum Gasteiger partial charge on any atom is 0.127 e. The molecule has 14 heavy (non-hydrogen) atoms. The van der Waals surface area contributed by atoms with E-state index in [1.807, 2.05) is 31.2 Å². The van der Waals surface area contributed by atoms with E-state index in [-0.39, 0.29) is 0 Å². The van der Waals surface area contributed by atoms with Gasteiger partial charge in [0.25, 0.3) is 0 Å². The molecule has 0 atom stereocenters. The molecule has 0 N–H and O–H groups in total. The smallest absolute Gasteiger partial charge is 0.127 e. The van der Waals surface area contributed by atoms with Crippen LogP contribution in [0.15, 0.2) is 36.4 Å². The molecule has 0 aliphatic carbocycles. The Labute approximate surface area is 88.0 Å². The summed E-state index contributed by atoms with van der Waals surface area (Å²) in [6, 6.07) is 12.1. The van der Waals surface area contributed by atoms with Gasteiger partial charge in [0.15, 0.2) is 0 Å². The Morgan fingerprint density at radius 1 is 1.29 bits per heavy atom. The van der Waals surface area contributed by atoms with Crippen molar-refractivity contribution in [1.29, 1.82) is 0 Å². The second kappa shape index (κ2) is 4.29. The fourth-order valence-electron chi connectivity index (χ4n) is 1.34. The number of rotatable bonds is 3. The van der Waals surface area contributed by atoms with Crippen LogP contribution in [0.5, 0.6) is 5.75 Å². The molecule has 0 aliphatic heterocycles. The van der Waals surface area contributed by atoms with Crippen molar-refractivity contribution < 1.29 is 4.74 Å². The Morgan fingerprint density at radius 3 is 2.86 bits per heavy atom. The quantitative estimate of drug-likeness (QED) is 0.740. The maximum atomic E-state index is 5.55. The molecule has 0 unspecified atom stereocenters. The minimum Gasteiger partial charge on any atom is -0.493 e. The molecular weight excluding hydrogens is 192 g/mol. The van der Waals surface area contributed by atoms with Crippen LogP contribution in [-0.2, 0) is 0 Å². The lowest BCUT2D eigenvalue weighted by atomic mass is 10.1. The molecule has 0 fully saturated rings. The fourth-order valence-corrected chi connectivity index (χ4v) is 2.02. The zero-order chi connectivity index (χ0) is 9.80. The van der Waals surface area contributed by atoms with E-state index in [0.29, 0.717) is 6.61 Å². The lowest BCUT2D eigenvalue weighted by Crippen LogP contribution is -1.92. The topological polar surface area (TPSA) is 9.23 Å². The largest absolute Gasteiger partial charge is 0.493 e. The second-order valence-electron chi connectivity index (χ2n) is 2.85. The van der Waals surface area contributed by atoms with Gasteiger partial charge in [0.2, 0.25) is 0 Å². The molecule has 0 amide bonds. The molecule has 0 saturated heterocycles. The van der Waals surface area contributed by atoms with Crippen LogP contribution in [0.2, 0.25) is 0 Å². The number of ether oxygens (including phenoxy) is 1. The number of thiophene rings is 1. The van der Waals surface area contributed by atoms with Crippen molar-refractivity contribution in [1.82, 2.24) is 0 Å². The number of hydrogen-bond donors (Lipinski definition) is 0. The molecule has 2 aromatic rings. The van der Waals surface area contributed by atoms with E-state index in [4.69, 9.17) is 4.74 Å². The standard InChI is InChI=1S/C12H11OS/c1-2-13-11-7-4-3-6-10(11)12-8-5-9-14-12/h3-8H,2H2,1H3. The van der Waals surface area contributed by atoms with Crippen LogP contribution in [0.1, 0.15) is 6.92 Å². The van der Waals surface area contributed by atoms with Gasteiger partial charge in [-0.15, -0.1) is 11.3 Å². The van der Waals surface area contributed by atoms with Crippen molar-refractivity contribution in [2.75, 3.05) is 6.61 Å². The molecule has 0 spiro atoms. The Morgan fingerprint density at radius 2 is 2.14 bits per heavy atom. The highest BCUT2D eigenvalue weighted by atomic mass is 32.1. The van der Waals surface area contributed by atoms with Crippen LogP contribution in [-0.4, -0.2) is 6.61 Å². The Bertz CT molecular complexity index is 392. The molecule has 0 bridgehead atoms. The molecule has 1 aromatic heterocycles. The normalized spacial score (nSPS) is 10.1. The van der Waals surface area contributed by atoms with E-state index in [0.717, 1.165) is 11.3 Å². The SMILES string of the molecule is CCOc1ccccc1-c1cc[c]s1.